The van der Waals surface area contributed by atoms with Crippen molar-refractivity contribution in [1.29, 1.82) is 0 Å². The number of esters is 1. The van der Waals surface area contributed by atoms with Crippen LogP contribution in [-0.4, -0.2) is 41.0 Å². The molecule has 0 fully saturated rings. The van der Waals surface area contributed by atoms with Crippen molar-refractivity contribution in [3.63, 3.8) is 0 Å². The predicted molar refractivity (Wildman–Crippen MR) is 128 cm³/mol. The summed E-state index contributed by atoms with van der Waals surface area (Å²) in [5, 5.41) is 2.66. The summed E-state index contributed by atoms with van der Waals surface area (Å²) >= 11 is 0. The van der Waals surface area contributed by atoms with Gasteiger partial charge in [-0.15, -0.1) is 0 Å². The Bertz CT molecular complexity index is 1340. The number of methoxy groups -OCH3 is 2. The van der Waals surface area contributed by atoms with Crippen molar-refractivity contribution in [2.24, 2.45) is 0 Å². The average molecular weight is 454 g/mol. The minimum atomic E-state index is -0.567. The Hall–Kier alpha value is -4.59. The van der Waals surface area contributed by atoms with Gasteiger partial charge in [-0.3, -0.25) is 9.78 Å². The molecule has 0 aliphatic rings. The van der Waals surface area contributed by atoms with Crippen LogP contribution < -0.4 is 10.1 Å². The van der Waals surface area contributed by atoms with E-state index in [2.05, 4.69) is 10.3 Å². The summed E-state index contributed by atoms with van der Waals surface area (Å²) in [5.74, 6) is 0.367. The molecule has 34 heavy (non-hydrogen) atoms. The number of nitrogens with one attached hydrogen (secondary N) is 1. The maximum absolute atomic E-state index is 12.4. The van der Waals surface area contributed by atoms with E-state index in [1.807, 2.05) is 42.5 Å². The van der Waals surface area contributed by atoms with Crippen LogP contribution in [0.3, 0.4) is 0 Å². The molecule has 4 rings (SSSR count). The van der Waals surface area contributed by atoms with Crippen LogP contribution in [0.1, 0.15) is 17.3 Å². The fraction of sp³-hybridized carbons (Fsp3) is 0.115. The number of amides is 1. The Kier molecular flexibility index (Phi) is 6.59. The van der Waals surface area contributed by atoms with E-state index in [1.54, 1.807) is 37.7 Å². The van der Waals surface area contributed by atoms with Crippen LogP contribution in [0.15, 0.2) is 73.1 Å². The molecule has 1 N–H and O–H groups in total. The van der Waals surface area contributed by atoms with E-state index in [-0.39, 0.29) is 11.5 Å². The van der Waals surface area contributed by atoms with Gasteiger partial charge in [0.2, 0.25) is 5.91 Å². The molecule has 0 atom stereocenters. The summed E-state index contributed by atoms with van der Waals surface area (Å²) in [6.07, 6.45) is 3.37. The molecule has 0 saturated carbocycles. The fourth-order valence-corrected chi connectivity index (χ4v) is 3.41. The van der Waals surface area contributed by atoms with Crippen LogP contribution in [0.25, 0.3) is 33.9 Å². The molecule has 2 aromatic carbocycles. The summed E-state index contributed by atoms with van der Waals surface area (Å²) in [6.45, 7) is 1.38. The number of ether oxygens (including phenoxy) is 2. The monoisotopic (exact) mass is 454 g/mol. The second-order valence-electron chi connectivity index (χ2n) is 7.37. The first-order chi connectivity index (χ1) is 16.5. The Morgan fingerprint density at radius 3 is 2.18 bits per heavy atom. The number of nitrogens with zero attached hydrogens (tertiary/aromatic N) is 3. The van der Waals surface area contributed by atoms with E-state index in [9.17, 15) is 9.59 Å². The van der Waals surface area contributed by atoms with Crippen molar-refractivity contribution in [3.05, 3.63) is 78.6 Å². The summed E-state index contributed by atoms with van der Waals surface area (Å²) in [5.41, 5.74) is 4.16. The minimum absolute atomic E-state index is 0.225. The molecule has 0 saturated heterocycles. The van der Waals surface area contributed by atoms with E-state index in [0.29, 0.717) is 28.5 Å². The molecule has 4 aromatic rings. The quantitative estimate of drug-likeness (QED) is 0.424. The van der Waals surface area contributed by atoms with Gasteiger partial charge in [-0.05, 0) is 54.6 Å². The van der Waals surface area contributed by atoms with Gasteiger partial charge in [0.15, 0.2) is 5.82 Å². The first kappa shape index (κ1) is 22.6. The number of carbonyl (C=O) groups excluding carboxylic acids is 2. The molecule has 0 aliphatic carbocycles. The van der Waals surface area contributed by atoms with Crippen molar-refractivity contribution in [2.75, 3.05) is 19.5 Å². The van der Waals surface area contributed by atoms with Gasteiger partial charge in [-0.25, -0.2) is 14.8 Å². The normalized spacial score (nSPS) is 10.4. The highest BCUT2D eigenvalue weighted by Crippen LogP contribution is 2.30. The number of benzene rings is 2. The molecular weight excluding hydrogens is 432 g/mol. The van der Waals surface area contributed by atoms with Gasteiger partial charge in [0.1, 0.15) is 5.75 Å². The smallest absolute Gasteiger partial charge is 0.339 e. The van der Waals surface area contributed by atoms with Gasteiger partial charge in [-0.2, -0.15) is 0 Å². The van der Waals surface area contributed by atoms with Crippen molar-refractivity contribution in [1.82, 2.24) is 15.0 Å². The third-order valence-electron chi connectivity index (χ3n) is 5.06. The van der Waals surface area contributed by atoms with Crippen LogP contribution in [0.2, 0.25) is 0 Å². The third-order valence-corrected chi connectivity index (χ3v) is 5.06. The van der Waals surface area contributed by atoms with Gasteiger partial charge < -0.3 is 14.8 Å². The summed E-state index contributed by atoms with van der Waals surface area (Å²) in [7, 11) is 2.90. The highest BCUT2D eigenvalue weighted by atomic mass is 16.5. The molecule has 2 aromatic heterocycles. The first-order valence-electron chi connectivity index (χ1n) is 10.4. The molecule has 0 aliphatic heterocycles. The lowest BCUT2D eigenvalue weighted by Crippen LogP contribution is -2.12. The third kappa shape index (κ3) is 4.91. The van der Waals surface area contributed by atoms with Gasteiger partial charge in [-0.1, -0.05) is 6.07 Å². The molecule has 0 bridgehead atoms. The van der Waals surface area contributed by atoms with Gasteiger partial charge >= 0.3 is 5.97 Å². The fourth-order valence-electron chi connectivity index (χ4n) is 3.41. The maximum atomic E-state index is 12.4. The molecule has 1 amide bonds. The Balaban J connectivity index is 1.88. The van der Waals surface area contributed by atoms with Gasteiger partial charge in [0.05, 0.1) is 36.9 Å². The van der Waals surface area contributed by atoms with E-state index >= 15 is 0 Å². The van der Waals surface area contributed by atoms with Crippen molar-refractivity contribution < 1.29 is 19.1 Å². The maximum Gasteiger partial charge on any atom is 0.339 e. The van der Waals surface area contributed by atoms with Crippen LogP contribution in [0.4, 0.5) is 5.69 Å². The molecule has 170 valence electrons. The van der Waals surface area contributed by atoms with Crippen molar-refractivity contribution in [2.45, 2.75) is 6.92 Å². The van der Waals surface area contributed by atoms with Crippen LogP contribution in [0.5, 0.6) is 5.75 Å². The second kappa shape index (κ2) is 9.91. The highest BCUT2D eigenvalue weighted by molar-refractivity contribution is 6.01. The van der Waals surface area contributed by atoms with E-state index in [0.717, 1.165) is 16.9 Å². The number of anilines is 1. The van der Waals surface area contributed by atoms with Crippen LogP contribution in [-0.2, 0) is 9.53 Å². The molecule has 8 heteroatoms. The Labute approximate surface area is 196 Å². The molecule has 0 unspecified atom stereocenters. The second-order valence-corrected chi connectivity index (χ2v) is 7.37. The highest BCUT2D eigenvalue weighted by Gasteiger charge is 2.17. The summed E-state index contributed by atoms with van der Waals surface area (Å²) in [4.78, 5) is 37.6. The van der Waals surface area contributed by atoms with Crippen molar-refractivity contribution in [3.8, 4) is 39.7 Å². The molecule has 0 spiro atoms. The zero-order valence-corrected chi connectivity index (χ0v) is 18.9. The Morgan fingerprint density at radius 2 is 1.56 bits per heavy atom. The number of hydrogen-bond acceptors (Lipinski definition) is 7. The van der Waals surface area contributed by atoms with Crippen LogP contribution in [0, 0.1) is 0 Å². The lowest BCUT2D eigenvalue weighted by atomic mass is 10.0. The largest absolute Gasteiger partial charge is 0.497 e. The van der Waals surface area contributed by atoms with Gasteiger partial charge in [0, 0.05) is 36.0 Å². The Morgan fingerprint density at radius 1 is 0.853 bits per heavy atom. The van der Waals surface area contributed by atoms with Gasteiger partial charge in [0.25, 0.3) is 0 Å². The number of rotatable bonds is 6. The van der Waals surface area contributed by atoms with E-state index in [1.165, 1.54) is 14.0 Å². The average Bonchev–Trinajstić information content (AvgIpc) is 2.88. The molecule has 2 heterocycles. The number of hydrogen-bond donors (Lipinski definition) is 1. The van der Waals surface area contributed by atoms with Crippen molar-refractivity contribution >= 4 is 17.6 Å². The number of pyridine rings is 1. The zero-order chi connectivity index (χ0) is 24.1. The summed E-state index contributed by atoms with van der Waals surface area (Å²) in [6, 6.07) is 18.2. The van der Waals surface area contributed by atoms with Crippen LogP contribution >= 0.6 is 0 Å². The molecule has 8 nitrogen and oxygen atoms in total. The molecule has 0 radical (unpaired) electrons. The summed E-state index contributed by atoms with van der Waals surface area (Å²) < 4.78 is 10.2. The lowest BCUT2D eigenvalue weighted by molar-refractivity contribution is -0.114. The predicted octanol–water partition coefficient (Wildman–Crippen LogP) is 4.63. The number of carbonyl (C=O) groups is 2. The standard InChI is InChI=1S/C26H22N4O4/c1-16(31)28-22-11-8-18(13-21(22)26(32)34-3)24-14-23(17-6-9-20(33-2)10-7-17)29-25(30-24)19-5-4-12-27-15-19/h4-15H,1-3H3,(H,28,31). The molecular formula is C26H22N4O4. The minimum Gasteiger partial charge on any atom is -0.497 e. The number of aromatic nitrogens is 3. The SMILES string of the molecule is COC(=O)c1cc(-c2cc(-c3ccc(OC)cc3)nc(-c3cccnc3)n2)ccc1NC(C)=O. The topological polar surface area (TPSA) is 103 Å². The first-order valence-corrected chi connectivity index (χ1v) is 10.4. The van der Waals surface area contributed by atoms with E-state index < -0.39 is 5.97 Å². The zero-order valence-electron chi connectivity index (χ0n) is 18.9. The van der Waals surface area contributed by atoms with E-state index in [4.69, 9.17) is 19.4 Å². The lowest BCUT2D eigenvalue weighted by Gasteiger charge is -2.12.